The molecule has 1 saturated heterocycles. The first-order valence-electron chi connectivity index (χ1n) is 11.3. The Labute approximate surface area is 186 Å². The van der Waals surface area contributed by atoms with Gasteiger partial charge in [-0.05, 0) is 64.6 Å². The van der Waals surface area contributed by atoms with Gasteiger partial charge in [0.1, 0.15) is 5.82 Å². The standard InChI is InChI=1S/C28H25FN2O/c29-25-9-5-19(6-10-25)15-30-16-20-13-24(18-30)27-12-11-26(28(32)31(27)17-20)23-8-7-21-3-1-2-4-22(21)14-23/h1-12,14,20,24H,13,15-18H2/t20-,24+/m0/s1. The van der Waals surface area contributed by atoms with E-state index >= 15 is 0 Å². The first kappa shape index (κ1) is 19.4. The van der Waals surface area contributed by atoms with E-state index in [0.717, 1.165) is 60.4 Å². The summed E-state index contributed by atoms with van der Waals surface area (Å²) in [6.07, 6.45) is 1.13. The van der Waals surface area contributed by atoms with Crippen molar-refractivity contribution in [2.24, 2.45) is 5.92 Å². The van der Waals surface area contributed by atoms with Crippen LogP contribution in [-0.2, 0) is 13.1 Å². The number of hydrogen-bond acceptors (Lipinski definition) is 2. The SMILES string of the molecule is O=c1c(-c2ccc3ccccc3c2)ccc2n1C[C@H]1C[C@@H]2CN(Cc2ccc(F)cc2)C1. The van der Waals surface area contributed by atoms with Gasteiger partial charge in [0.15, 0.2) is 0 Å². The maximum Gasteiger partial charge on any atom is 0.258 e. The summed E-state index contributed by atoms with van der Waals surface area (Å²) in [6, 6.07) is 25.5. The van der Waals surface area contributed by atoms with Crippen LogP contribution in [0.5, 0.6) is 0 Å². The van der Waals surface area contributed by atoms with Gasteiger partial charge in [0.2, 0.25) is 0 Å². The Hall–Kier alpha value is -3.24. The summed E-state index contributed by atoms with van der Waals surface area (Å²) in [5.41, 5.74) is 4.18. The predicted molar refractivity (Wildman–Crippen MR) is 126 cm³/mol. The normalized spacial score (nSPS) is 20.3. The third-order valence-electron chi connectivity index (χ3n) is 7.06. The molecular formula is C28H25FN2O. The fourth-order valence-electron chi connectivity index (χ4n) is 5.60. The van der Waals surface area contributed by atoms with Crippen LogP contribution in [0.3, 0.4) is 0 Å². The van der Waals surface area contributed by atoms with Gasteiger partial charge in [0, 0.05) is 43.4 Å². The number of pyridine rings is 1. The Bertz CT molecular complexity index is 1360. The average Bonchev–Trinajstić information content (AvgIpc) is 2.81. The minimum atomic E-state index is -0.195. The highest BCUT2D eigenvalue weighted by molar-refractivity contribution is 5.87. The second-order valence-corrected chi connectivity index (χ2v) is 9.27. The highest BCUT2D eigenvalue weighted by atomic mass is 19.1. The van der Waals surface area contributed by atoms with Gasteiger partial charge in [-0.25, -0.2) is 4.39 Å². The smallest absolute Gasteiger partial charge is 0.258 e. The van der Waals surface area contributed by atoms with Crippen LogP contribution in [-0.4, -0.2) is 22.6 Å². The molecule has 0 N–H and O–H groups in total. The number of fused-ring (bicyclic) bond motifs is 5. The molecule has 0 aliphatic carbocycles. The van der Waals surface area contributed by atoms with Gasteiger partial charge in [-0.3, -0.25) is 9.69 Å². The lowest BCUT2D eigenvalue weighted by Crippen LogP contribution is -2.46. The first-order chi connectivity index (χ1) is 15.6. The number of likely N-dealkylation sites (tertiary alicyclic amines) is 1. The van der Waals surface area contributed by atoms with Crippen molar-refractivity contribution in [2.45, 2.75) is 25.4 Å². The highest BCUT2D eigenvalue weighted by Gasteiger charge is 2.35. The average molecular weight is 425 g/mol. The monoisotopic (exact) mass is 424 g/mol. The van der Waals surface area contributed by atoms with Gasteiger partial charge in [-0.1, -0.05) is 48.5 Å². The molecule has 0 spiro atoms. The van der Waals surface area contributed by atoms with Crippen LogP contribution in [0.1, 0.15) is 23.6 Å². The summed E-state index contributed by atoms with van der Waals surface area (Å²) in [5.74, 6) is 0.632. The van der Waals surface area contributed by atoms with Crippen molar-refractivity contribution in [3.8, 4) is 11.1 Å². The largest absolute Gasteiger partial charge is 0.311 e. The van der Waals surface area contributed by atoms with E-state index < -0.39 is 0 Å². The molecule has 2 aliphatic rings. The Balaban J connectivity index is 1.30. The van der Waals surface area contributed by atoms with Crippen LogP contribution in [0.4, 0.5) is 4.39 Å². The van der Waals surface area contributed by atoms with Crippen molar-refractivity contribution in [3.05, 3.63) is 106 Å². The van der Waals surface area contributed by atoms with Crippen molar-refractivity contribution < 1.29 is 4.39 Å². The highest BCUT2D eigenvalue weighted by Crippen LogP contribution is 2.36. The molecule has 0 saturated carbocycles. The van der Waals surface area contributed by atoms with E-state index in [0.29, 0.717) is 11.8 Å². The maximum atomic E-state index is 13.5. The van der Waals surface area contributed by atoms with Crippen molar-refractivity contribution >= 4 is 10.8 Å². The summed E-state index contributed by atoms with van der Waals surface area (Å²) in [7, 11) is 0. The molecule has 0 radical (unpaired) electrons. The van der Waals surface area contributed by atoms with Crippen LogP contribution in [0.15, 0.2) is 83.7 Å². The zero-order valence-electron chi connectivity index (χ0n) is 17.9. The van der Waals surface area contributed by atoms with Gasteiger partial charge >= 0.3 is 0 Å². The van der Waals surface area contributed by atoms with Crippen LogP contribution in [0.25, 0.3) is 21.9 Å². The second-order valence-electron chi connectivity index (χ2n) is 9.27. The van der Waals surface area contributed by atoms with E-state index in [-0.39, 0.29) is 11.4 Å². The molecule has 4 aromatic rings. The molecule has 3 heterocycles. The van der Waals surface area contributed by atoms with Gasteiger partial charge in [0.25, 0.3) is 5.56 Å². The van der Waals surface area contributed by atoms with E-state index in [1.807, 2.05) is 34.9 Å². The fourth-order valence-corrected chi connectivity index (χ4v) is 5.60. The Morgan fingerprint density at radius 2 is 1.66 bits per heavy atom. The Morgan fingerprint density at radius 1 is 0.844 bits per heavy atom. The molecule has 3 nitrogen and oxygen atoms in total. The Kier molecular flexibility index (Phi) is 4.69. The predicted octanol–water partition coefficient (Wildman–Crippen LogP) is 5.43. The molecule has 2 aliphatic heterocycles. The lowest BCUT2D eigenvalue weighted by Gasteiger charge is -2.43. The quantitative estimate of drug-likeness (QED) is 0.438. The van der Waals surface area contributed by atoms with Crippen molar-refractivity contribution in [3.63, 3.8) is 0 Å². The van der Waals surface area contributed by atoms with Crippen molar-refractivity contribution in [1.29, 1.82) is 0 Å². The van der Waals surface area contributed by atoms with Gasteiger partial charge in [0.05, 0.1) is 0 Å². The zero-order valence-corrected chi connectivity index (χ0v) is 17.9. The Morgan fingerprint density at radius 3 is 2.50 bits per heavy atom. The van der Waals surface area contributed by atoms with Crippen LogP contribution in [0, 0.1) is 11.7 Å². The molecular weight excluding hydrogens is 399 g/mol. The number of aromatic nitrogens is 1. The summed E-state index contributed by atoms with van der Waals surface area (Å²) in [4.78, 5) is 16.0. The molecule has 6 rings (SSSR count). The first-order valence-corrected chi connectivity index (χ1v) is 11.3. The number of rotatable bonds is 3. The third kappa shape index (κ3) is 3.45. The van der Waals surface area contributed by atoms with E-state index in [4.69, 9.17) is 0 Å². The van der Waals surface area contributed by atoms with Crippen LogP contribution >= 0.6 is 0 Å². The maximum absolute atomic E-state index is 13.5. The van der Waals surface area contributed by atoms with E-state index in [9.17, 15) is 9.18 Å². The second kappa shape index (κ2) is 7.72. The van der Waals surface area contributed by atoms with Gasteiger partial charge in [-0.15, -0.1) is 0 Å². The molecule has 1 fully saturated rings. The molecule has 4 heteroatoms. The molecule has 2 bridgehead atoms. The van der Waals surface area contributed by atoms with Crippen LogP contribution < -0.4 is 5.56 Å². The third-order valence-corrected chi connectivity index (χ3v) is 7.06. The molecule has 160 valence electrons. The van der Waals surface area contributed by atoms with E-state index in [1.54, 1.807) is 0 Å². The fraction of sp³-hybridized carbons (Fsp3) is 0.250. The van der Waals surface area contributed by atoms with Gasteiger partial charge in [-0.2, -0.15) is 0 Å². The lowest BCUT2D eigenvalue weighted by atomic mass is 9.82. The molecule has 0 amide bonds. The summed E-state index contributed by atoms with van der Waals surface area (Å²) in [6.45, 7) is 3.50. The molecule has 32 heavy (non-hydrogen) atoms. The number of hydrogen-bond donors (Lipinski definition) is 0. The minimum Gasteiger partial charge on any atom is -0.311 e. The summed E-state index contributed by atoms with van der Waals surface area (Å²) < 4.78 is 15.3. The summed E-state index contributed by atoms with van der Waals surface area (Å²) in [5, 5.41) is 2.34. The van der Waals surface area contributed by atoms with Gasteiger partial charge < -0.3 is 4.57 Å². The minimum absolute atomic E-state index is 0.125. The zero-order chi connectivity index (χ0) is 21.7. The van der Waals surface area contributed by atoms with E-state index in [2.05, 4.69) is 41.3 Å². The number of piperidine rings is 1. The molecule has 0 unspecified atom stereocenters. The molecule has 1 aromatic heterocycles. The number of halogens is 1. The van der Waals surface area contributed by atoms with Crippen molar-refractivity contribution in [1.82, 2.24) is 9.47 Å². The molecule has 3 aromatic carbocycles. The van der Waals surface area contributed by atoms with Crippen molar-refractivity contribution in [2.75, 3.05) is 13.1 Å². The molecule has 2 atom stereocenters. The summed E-state index contributed by atoms with van der Waals surface area (Å²) >= 11 is 0. The number of nitrogens with zero attached hydrogens (tertiary/aromatic N) is 2. The lowest BCUT2D eigenvalue weighted by molar-refractivity contribution is 0.114. The van der Waals surface area contributed by atoms with Crippen LogP contribution in [0.2, 0.25) is 0 Å². The number of benzene rings is 3. The topological polar surface area (TPSA) is 25.2 Å². The van der Waals surface area contributed by atoms with E-state index in [1.165, 1.54) is 17.5 Å².